The molecule has 0 radical (unpaired) electrons. The van der Waals surface area contributed by atoms with E-state index in [1.54, 1.807) is 31.3 Å². The average molecular weight is 364 g/mol. The summed E-state index contributed by atoms with van der Waals surface area (Å²) in [4.78, 5) is 24.2. The maximum absolute atomic E-state index is 12.2. The predicted octanol–water partition coefficient (Wildman–Crippen LogP) is 3.54. The number of anilines is 2. The molecule has 0 saturated heterocycles. The van der Waals surface area contributed by atoms with Crippen molar-refractivity contribution in [3.8, 4) is 0 Å². The fourth-order valence-electron chi connectivity index (χ4n) is 1.64. The normalized spacial score (nSPS) is 11.2. The number of Topliss-reactive ketones (excluding diaryl/α,β-unsaturated/α-hetero) is 1. The first-order valence-electron chi connectivity index (χ1n) is 7.38. The van der Waals surface area contributed by atoms with Gasteiger partial charge in [0.2, 0.25) is 11.0 Å². The topological polar surface area (TPSA) is 84.0 Å². The lowest BCUT2D eigenvalue weighted by molar-refractivity contribution is -0.123. The van der Waals surface area contributed by atoms with E-state index in [0.717, 1.165) is 9.47 Å². The van der Waals surface area contributed by atoms with Gasteiger partial charge in [-0.3, -0.25) is 9.59 Å². The van der Waals surface area contributed by atoms with Gasteiger partial charge in [-0.05, 0) is 24.3 Å². The largest absolute Gasteiger partial charge is 0.363 e. The number of hydrogen-bond donors (Lipinski definition) is 2. The van der Waals surface area contributed by atoms with E-state index in [1.165, 1.54) is 23.1 Å². The summed E-state index contributed by atoms with van der Waals surface area (Å²) in [6.45, 7) is 5.55. The molecule has 0 fully saturated rings. The highest BCUT2D eigenvalue weighted by Crippen LogP contribution is 2.26. The second-order valence-electron chi connectivity index (χ2n) is 6.12. The van der Waals surface area contributed by atoms with E-state index in [-0.39, 0.29) is 11.7 Å². The Labute approximate surface area is 149 Å². The monoisotopic (exact) mass is 364 g/mol. The summed E-state index contributed by atoms with van der Waals surface area (Å²) in [6, 6.07) is 6.93. The molecule has 6 nitrogen and oxygen atoms in total. The van der Waals surface area contributed by atoms with Gasteiger partial charge in [-0.25, -0.2) is 0 Å². The number of carbonyl (C=O) groups excluding carboxylic acids is 2. The molecule has 2 aromatic rings. The number of nitrogens with zero attached hydrogens (tertiary/aromatic N) is 2. The highest BCUT2D eigenvalue weighted by atomic mass is 32.2. The number of carbonyl (C=O) groups is 2. The number of rotatable bonds is 6. The number of benzene rings is 1. The van der Waals surface area contributed by atoms with Crippen molar-refractivity contribution in [3.63, 3.8) is 0 Å². The van der Waals surface area contributed by atoms with Crippen molar-refractivity contribution < 1.29 is 9.59 Å². The van der Waals surface area contributed by atoms with Crippen molar-refractivity contribution in [2.45, 2.75) is 25.1 Å². The number of amides is 1. The SMILES string of the molecule is CNc1nnc(SCC(=O)c2ccc(NC(=O)C(C)(C)C)cc2)s1. The molecule has 1 amide bonds. The third kappa shape index (κ3) is 5.04. The van der Waals surface area contributed by atoms with Crippen LogP contribution < -0.4 is 10.6 Å². The van der Waals surface area contributed by atoms with Gasteiger partial charge in [-0.1, -0.05) is 43.9 Å². The molecule has 0 aliphatic heterocycles. The zero-order chi connectivity index (χ0) is 17.7. The summed E-state index contributed by atoms with van der Waals surface area (Å²) in [5, 5.41) is 14.4. The minimum atomic E-state index is -0.459. The van der Waals surface area contributed by atoms with Gasteiger partial charge < -0.3 is 10.6 Å². The van der Waals surface area contributed by atoms with Gasteiger partial charge >= 0.3 is 0 Å². The molecule has 1 aromatic heterocycles. The van der Waals surface area contributed by atoms with Crippen LogP contribution in [-0.4, -0.2) is 34.7 Å². The van der Waals surface area contributed by atoms with Gasteiger partial charge in [0.25, 0.3) is 0 Å². The van der Waals surface area contributed by atoms with Crippen molar-refractivity contribution in [3.05, 3.63) is 29.8 Å². The minimum Gasteiger partial charge on any atom is -0.363 e. The first-order valence-corrected chi connectivity index (χ1v) is 9.18. The van der Waals surface area contributed by atoms with Crippen LogP contribution in [0.1, 0.15) is 31.1 Å². The third-order valence-corrected chi connectivity index (χ3v) is 5.17. The molecule has 0 bridgehead atoms. The molecular formula is C16H20N4O2S2. The first-order chi connectivity index (χ1) is 11.3. The van der Waals surface area contributed by atoms with E-state index in [9.17, 15) is 9.59 Å². The van der Waals surface area contributed by atoms with E-state index in [0.29, 0.717) is 17.0 Å². The fraction of sp³-hybridized carbons (Fsp3) is 0.375. The molecule has 8 heteroatoms. The Bertz CT molecular complexity index is 720. The number of ketones is 1. The second kappa shape index (κ2) is 7.76. The van der Waals surface area contributed by atoms with Crippen molar-refractivity contribution in [2.75, 3.05) is 23.4 Å². The van der Waals surface area contributed by atoms with E-state index in [2.05, 4.69) is 20.8 Å². The lowest BCUT2D eigenvalue weighted by Crippen LogP contribution is -2.27. The summed E-state index contributed by atoms with van der Waals surface area (Å²) < 4.78 is 0.752. The summed E-state index contributed by atoms with van der Waals surface area (Å²) in [6.07, 6.45) is 0. The van der Waals surface area contributed by atoms with Crippen LogP contribution in [0, 0.1) is 5.41 Å². The van der Waals surface area contributed by atoms with Gasteiger partial charge in [0.05, 0.1) is 5.75 Å². The van der Waals surface area contributed by atoms with E-state index in [4.69, 9.17) is 0 Å². The number of hydrogen-bond acceptors (Lipinski definition) is 7. The molecule has 0 spiro atoms. The highest BCUT2D eigenvalue weighted by Gasteiger charge is 2.21. The quantitative estimate of drug-likeness (QED) is 0.602. The van der Waals surface area contributed by atoms with Crippen LogP contribution in [0.25, 0.3) is 0 Å². The molecule has 0 unspecified atom stereocenters. The predicted molar refractivity (Wildman–Crippen MR) is 99.0 cm³/mol. The molecule has 0 aliphatic carbocycles. The van der Waals surface area contributed by atoms with E-state index < -0.39 is 5.41 Å². The number of thioether (sulfide) groups is 1. The maximum atomic E-state index is 12.2. The Hall–Kier alpha value is -1.93. The zero-order valence-corrected chi connectivity index (χ0v) is 15.7. The first kappa shape index (κ1) is 18.4. The summed E-state index contributed by atoms with van der Waals surface area (Å²) in [5.74, 6) is 0.245. The lowest BCUT2D eigenvalue weighted by atomic mass is 9.95. The zero-order valence-electron chi connectivity index (χ0n) is 14.0. The van der Waals surface area contributed by atoms with Gasteiger partial charge in [-0.2, -0.15) is 0 Å². The number of aromatic nitrogens is 2. The van der Waals surface area contributed by atoms with E-state index in [1.807, 2.05) is 20.8 Å². The number of nitrogens with one attached hydrogen (secondary N) is 2. The third-order valence-electron chi connectivity index (χ3n) is 3.09. The molecule has 128 valence electrons. The Balaban J connectivity index is 1.92. The lowest BCUT2D eigenvalue weighted by Gasteiger charge is -2.17. The molecule has 0 atom stereocenters. The van der Waals surface area contributed by atoms with Gasteiger partial charge in [0.15, 0.2) is 10.1 Å². The fourth-order valence-corrected chi connectivity index (χ4v) is 3.24. The Morgan fingerprint density at radius 3 is 2.38 bits per heavy atom. The maximum Gasteiger partial charge on any atom is 0.229 e. The molecule has 1 heterocycles. The summed E-state index contributed by atoms with van der Waals surface area (Å²) >= 11 is 2.77. The smallest absolute Gasteiger partial charge is 0.229 e. The van der Waals surface area contributed by atoms with Crippen molar-refractivity contribution in [2.24, 2.45) is 5.41 Å². The van der Waals surface area contributed by atoms with Crippen LogP contribution >= 0.6 is 23.1 Å². The minimum absolute atomic E-state index is 0.00917. The van der Waals surface area contributed by atoms with Crippen LogP contribution in [0.4, 0.5) is 10.8 Å². The molecule has 0 saturated carbocycles. The molecule has 2 N–H and O–H groups in total. The van der Waals surface area contributed by atoms with Crippen molar-refractivity contribution in [1.29, 1.82) is 0 Å². The standard InChI is InChI=1S/C16H20N4O2S2/c1-16(2,3)13(22)18-11-7-5-10(6-8-11)12(21)9-23-15-20-19-14(17-4)24-15/h5-8H,9H2,1-4H3,(H,17,19)(H,18,22). The van der Waals surface area contributed by atoms with Crippen molar-refractivity contribution >= 4 is 45.6 Å². The Kier molecular flexibility index (Phi) is 5.95. The van der Waals surface area contributed by atoms with Crippen LogP contribution in [0.15, 0.2) is 28.6 Å². The van der Waals surface area contributed by atoms with Crippen LogP contribution in [0.3, 0.4) is 0 Å². The Morgan fingerprint density at radius 2 is 1.83 bits per heavy atom. The van der Waals surface area contributed by atoms with Gasteiger partial charge in [0.1, 0.15) is 0 Å². The van der Waals surface area contributed by atoms with Crippen molar-refractivity contribution in [1.82, 2.24) is 10.2 Å². The molecule has 0 aliphatic rings. The highest BCUT2D eigenvalue weighted by molar-refractivity contribution is 8.01. The van der Waals surface area contributed by atoms with Gasteiger partial charge in [0, 0.05) is 23.7 Å². The van der Waals surface area contributed by atoms with E-state index >= 15 is 0 Å². The summed E-state index contributed by atoms with van der Waals surface area (Å²) in [7, 11) is 1.78. The molecule has 1 aromatic carbocycles. The second-order valence-corrected chi connectivity index (χ2v) is 8.32. The van der Waals surface area contributed by atoms with Gasteiger partial charge in [-0.15, -0.1) is 10.2 Å². The molecule has 2 rings (SSSR count). The molecule has 24 heavy (non-hydrogen) atoms. The Morgan fingerprint density at radius 1 is 1.17 bits per heavy atom. The van der Waals surface area contributed by atoms with Crippen LogP contribution in [-0.2, 0) is 4.79 Å². The molecular weight excluding hydrogens is 344 g/mol. The summed E-state index contributed by atoms with van der Waals surface area (Å²) in [5.41, 5.74) is 0.829. The van der Waals surface area contributed by atoms with Crippen LogP contribution in [0.5, 0.6) is 0 Å². The average Bonchev–Trinajstić information content (AvgIpc) is 3.00. The van der Waals surface area contributed by atoms with Crippen LogP contribution in [0.2, 0.25) is 0 Å².